The Morgan fingerprint density at radius 1 is 1.09 bits per heavy atom. The molecule has 0 aromatic heterocycles. The molecular weight excluding hydrogens is 298 g/mol. The Kier molecular flexibility index (Phi) is 4.95. The topological polar surface area (TPSA) is 95.9 Å². The predicted molar refractivity (Wildman–Crippen MR) is 85.1 cm³/mol. The molecule has 2 aliphatic rings. The number of hydrogen-bond acceptors (Lipinski definition) is 4. The average molecular weight is 327 g/mol. The molecule has 2 saturated carbocycles. The van der Waals surface area contributed by atoms with E-state index in [-0.39, 0.29) is 0 Å². The molecule has 2 aliphatic carbocycles. The Morgan fingerprint density at radius 3 is 2.04 bits per heavy atom. The molecule has 0 radical (unpaired) electrons. The zero-order valence-corrected chi connectivity index (χ0v) is 14.4. The van der Waals surface area contributed by atoms with Crippen molar-refractivity contribution in [3.63, 3.8) is 0 Å². The number of aliphatic carboxylic acids is 1. The predicted octanol–water partition coefficient (Wildman–Crippen LogP) is 2.83. The number of alkyl carbamates (subject to hydrolysis) is 1. The Labute approximate surface area is 137 Å². The summed E-state index contributed by atoms with van der Waals surface area (Å²) in [6, 6.07) is 0. The van der Waals surface area contributed by atoms with Crippen LogP contribution in [0.2, 0.25) is 0 Å². The summed E-state index contributed by atoms with van der Waals surface area (Å²) >= 11 is 0. The van der Waals surface area contributed by atoms with E-state index in [0.717, 1.165) is 12.8 Å². The number of aliphatic hydroxyl groups excluding tert-OH is 1. The standard InChI is InChI=1S/C17H29NO5/c1-15(2,3)23-14(22)18-17(8-4-5-9-17)16(13(20)21)10-6-12(19)7-11-16/h12,19H,4-11H2,1-3H3,(H,18,22)(H,20,21). The fourth-order valence-electron chi connectivity index (χ4n) is 4.19. The first-order chi connectivity index (χ1) is 10.6. The van der Waals surface area contributed by atoms with Crippen LogP contribution in [0, 0.1) is 5.41 Å². The van der Waals surface area contributed by atoms with Crippen molar-refractivity contribution >= 4 is 12.1 Å². The fraction of sp³-hybridized carbons (Fsp3) is 0.882. The van der Waals surface area contributed by atoms with Gasteiger partial charge >= 0.3 is 12.1 Å². The van der Waals surface area contributed by atoms with Gasteiger partial charge in [-0.15, -0.1) is 0 Å². The van der Waals surface area contributed by atoms with Gasteiger partial charge in [0.25, 0.3) is 0 Å². The van der Waals surface area contributed by atoms with E-state index >= 15 is 0 Å². The second-order valence-electron chi connectivity index (χ2n) is 8.03. The number of ether oxygens (including phenoxy) is 1. The van der Waals surface area contributed by atoms with Gasteiger partial charge in [0.05, 0.1) is 17.1 Å². The fourth-order valence-corrected chi connectivity index (χ4v) is 4.19. The zero-order chi connectivity index (χ0) is 17.3. The molecule has 0 aromatic carbocycles. The van der Waals surface area contributed by atoms with Crippen molar-refractivity contribution in [2.45, 2.75) is 89.4 Å². The highest BCUT2D eigenvalue weighted by atomic mass is 16.6. The molecule has 6 heteroatoms. The molecule has 0 aromatic rings. The van der Waals surface area contributed by atoms with E-state index < -0.39 is 34.7 Å². The van der Waals surface area contributed by atoms with Gasteiger partial charge in [-0.1, -0.05) is 12.8 Å². The minimum Gasteiger partial charge on any atom is -0.481 e. The Bertz CT molecular complexity index is 454. The van der Waals surface area contributed by atoms with Crippen LogP contribution in [-0.4, -0.2) is 39.5 Å². The second kappa shape index (κ2) is 6.30. The number of carboxylic acid groups (broad SMARTS) is 1. The van der Waals surface area contributed by atoms with Crippen LogP contribution < -0.4 is 5.32 Å². The van der Waals surface area contributed by atoms with Gasteiger partial charge < -0.3 is 20.3 Å². The first-order valence-corrected chi connectivity index (χ1v) is 8.53. The van der Waals surface area contributed by atoms with E-state index in [4.69, 9.17) is 4.74 Å². The molecule has 1 amide bonds. The van der Waals surface area contributed by atoms with E-state index in [1.54, 1.807) is 20.8 Å². The molecule has 0 saturated heterocycles. The molecule has 23 heavy (non-hydrogen) atoms. The third-order valence-corrected chi connectivity index (χ3v) is 5.33. The maximum Gasteiger partial charge on any atom is 0.408 e. The quantitative estimate of drug-likeness (QED) is 0.741. The molecular formula is C17H29NO5. The van der Waals surface area contributed by atoms with Crippen LogP contribution in [0.4, 0.5) is 4.79 Å². The molecule has 6 nitrogen and oxygen atoms in total. The number of amides is 1. The lowest BCUT2D eigenvalue weighted by Gasteiger charge is -2.49. The van der Waals surface area contributed by atoms with Crippen LogP contribution in [-0.2, 0) is 9.53 Å². The SMILES string of the molecule is CC(C)(C)OC(=O)NC1(C2(C(=O)O)CCC(O)CC2)CCCC1. The number of rotatable bonds is 3. The van der Waals surface area contributed by atoms with Crippen molar-refractivity contribution < 1.29 is 24.5 Å². The third kappa shape index (κ3) is 3.62. The molecule has 2 fully saturated rings. The highest BCUT2D eigenvalue weighted by Gasteiger charge is 2.59. The van der Waals surface area contributed by atoms with Gasteiger partial charge in [0.15, 0.2) is 0 Å². The molecule has 0 atom stereocenters. The summed E-state index contributed by atoms with van der Waals surface area (Å²) in [6.07, 6.45) is 3.80. The van der Waals surface area contributed by atoms with Crippen LogP contribution in [0.15, 0.2) is 0 Å². The lowest BCUT2D eigenvalue weighted by atomic mass is 9.60. The summed E-state index contributed by atoms with van der Waals surface area (Å²) in [6.45, 7) is 5.37. The normalized spacial score (nSPS) is 30.7. The van der Waals surface area contributed by atoms with E-state index in [2.05, 4.69) is 5.32 Å². The first kappa shape index (κ1) is 18.0. The molecule has 132 valence electrons. The summed E-state index contributed by atoms with van der Waals surface area (Å²) < 4.78 is 5.37. The largest absolute Gasteiger partial charge is 0.481 e. The number of nitrogens with one attached hydrogen (secondary N) is 1. The minimum atomic E-state index is -1.01. The highest BCUT2D eigenvalue weighted by molar-refractivity contribution is 5.79. The summed E-state index contributed by atoms with van der Waals surface area (Å²) in [5.41, 5.74) is -2.41. The molecule has 3 N–H and O–H groups in total. The second-order valence-corrected chi connectivity index (χ2v) is 8.03. The maximum atomic E-state index is 12.3. The van der Waals surface area contributed by atoms with Gasteiger partial charge in [0.2, 0.25) is 0 Å². The third-order valence-electron chi connectivity index (χ3n) is 5.33. The summed E-state index contributed by atoms with van der Waals surface area (Å²) in [7, 11) is 0. The van der Waals surface area contributed by atoms with E-state index in [0.29, 0.717) is 38.5 Å². The number of aliphatic hydroxyl groups is 1. The number of carboxylic acids is 1. The Balaban J connectivity index is 2.27. The van der Waals surface area contributed by atoms with E-state index in [1.165, 1.54) is 0 Å². The average Bonchev–Trinajstić information content (AvgIpc) is 2.86. The van der Waals surface area contributed by atoms with E-state index in [9.17, 15) is 19.8 Å². The molecule has 0 aliphatic heterocycles. The van der Waals surface area contributed by atoms with Gasteiger partial charge in [-0.25, -0.2) is 4.79 Å². The van der Waals surface area contributed by atoms with Crippen LogP contribution in [0.5, 0.6) is 0 Å². The van der Waals surface area contributed by atoms with Crippen molar-refractivity contribution in [2.75, 3.05) is 0 Å². The Hall–Kier alpha value is -1.30. The summed E-state index contributed by atoms with van der Waals surface area (Å²) in [4.78, 5) is 24.5. The maximum absolute atomic E-state index is 12.3. The van der Waals surface area contributed by atoms with Crippen molar-refractivity contribution in [3.8, 4) is 0 Å². The van der Waals surface area contributed by atoms with Gasteiger partial charge in [0, 0.05) is 0 Å². The highest BCUT2D eigenvalue weighted by Crippen LogP contribution is 2.52. The van der Waals surface area contributed by atoms with Gasteiger partial charge in [0.1, 0.15) is 5.60 Å². The molecule has 0 spiro atoms. The molecule has 0 unspecified atom stereocenters. The minimum absolute atomic E-state index is 0.388. The van der Waals surface area contributed by atoms with Crippen LogP contribution in [0.3, 0.4) is 0 Å². The zero-order valence-electron chi connectivity index (χ0n) is 14.4. The van der Waals surface area contributed by atoms with Gasteiger partial charge in [-0.05, 0) is 59.3 Å². The van der Waals surface area contributed by atoms with Crippen LogP contribution in [0.1, 0.15) is 72.1 Å². The van der Waals surface area contributed by atoms with Crippen molar-refractivity contribution in [1.82, 2.24) is 5.32 Å². The molecule has 0 heterocycles. The van der Waals surface area contributed by atoms with Gasteiger partial charge in [-0.3, -0.25) is 4.79 Å². The molecule has 0 bridgehead atoms. The lowest BCUT2D eigenvalue weighted by molar-refractivity contribution is -0.159. The van der Waals surface area contributed by atoms with Crippen molar-refractivity contribution in [3.05, 3.63) is 0 Å². The van der Waals surface area contributed by atoms with Crippen LogP contribution in [0.25, 0.3) is 0 Å². The molecule has 2 rings (SSSR count). The lowest BCUT2D eigenvalue weighted by Crippen LogP contribution is -2.63. The van der Waals surface area contributed by atoms with Crippen molar-refractivity contribution in [1.29, 1.82) is 0 Å². The number of carbonyl (C=O) groups excluding carboxylic acids is 1. The van der Waals surface area contributed by atoms with E-state index in [1.807, 2.05) is 0 Å². The Morgan fingerprint density at radius 2 is 1.61 bits per heavy atom. The first-order valence-electron chi connectivity index (χ1n) is 8.53. The smallest absolute Gasteiger partial charge is 0.408 e. The van der Waals surface area contributed by atoms with Gasteiger partial charge in [-0.2, -0.15) is 0 Å². The monoisotopic (exact) mass is 327 g/mol. The number of hydrogen-bond donors (Lipinski definition) is 3. The van der Waals surface area contributed by atoms with Crippen LogP contribution >= 0.6 is 0 Å². The van der Waals surface area contributed by atoms with Crippen molar-refractivity contribution in [2.24, 2.45) is 5.41 Å². The number of carbonyl (C=O) groups is 2. The summed E-state index contributed by atoms with van der Waals surface area (Å²) in [5, 5.41) is 22.7. The summed E-state index contributed by atoms with van der Waals surface area (Å²) in [5.74, 6) is -0.873.